The molecule has 114 valence electrons. The van der Waals surface area contributed by atoms with E-state index < -0.39 is 12.0 Å². The van der Waals surface area contributed by atoms with E-state index in [-0.39, 0.29) is 11.9 Å². The second-order valence-corrected chi connectivity index (χ2v) is 5.20. The predicted octanol–water partition coefficient (Wildman–Crippen LogP) is 0.740. The minimum absolute atomic E-state index is 0.00796. The summed E-state index contributed by atoms with van der Waals surface area (Å²) in [6.45, 7) is 1.52. The molecule has 2 aromatic heterocycles. The summed E-state index contributed by atoms with van der Waals surface area (Å²) in [4.78, 5) is 33.2. The monoisotopic (exact) mass is 301 g/mol. The lowest BCUT2D eigenvalue weighted by Crippen LogP contribution is -2.44. The summed E-state index contributed by atoms with van der Waals surface area (Å²) >= 11 is 0. The summed E-state index contributed by atoms with van der Waals surface area (Å²) in [6, 6.07) is 2.43. The first-order chi connectivity index (χ1) is 10.6. The van der Waals surface area contributed by atoms with Gasteiger partial charge in [0.25, 0.3) is 5.91 Å². The van der Waals surface area contributed by atoms with E-state index in [0.29, 0.717) is 11.4 Å². The van der Waals surface area contributed by atoms with Gasteiger partial charge in [-0.15, -0.1) is 0 Å². The largest absolute Gasteiger partial charge is 0.480 e. The fourth-order valence-electron chi connectivity index (χ4n) is 2.25. The zero-order chi connectivity index (χ0) is 15.7. The molecule has 8 heteroatoms. The van der Waals surface area contributed by atoms with Crippen LogP contribution in [0.1, 0.15) is 30.1 Å². The number of aliphatic carboxylic acids is 1. The van der Waals surface area contributed by atoms with E-state index >= 15 is 0 Å². The third kappa shape index (κ3) is 2.67. The van der Waals surface area contributed by atoms with Crippen molar-refractivity contribution in [3.05, 3.63) is 36.5 Å². The minimum Gasteiger partial charge on any atom is -0.480 e. The van der Waals surface area contributed by atoms with E-state index in [1.54, 1.807) is 12.1 Å². The molecular formula is C14H15N5O3. The van der Waals surface area contributed by atoms with Gasteiger partial charge in [0.05, 0.1) is 5.56 Å². The molecule has 1 fully saturated rings. The Balaban J connectivity index is 1.83. The van der Waals surface area contributed by atoms with Crippen molar-refractivity contribution < 1.29 is 14.7 Å². The number of carboxylic acid groups (broad SMARTS) is 1. The highest BCUT2D eigenvalue weighted by Gasteiger charge is 2.38. The summed E-state index contributed by atoms with van der Waals surface area (Å²) in [7, 11) is 0. The highest BCUT2D eigenvalue weighted by atomic mass is 16.4. The van der Waals surface area contributed by atoms with Crippen molar-refractivity contribution in [2.75, 3.05) is 0 Å². The quantitative estimate of drug-likeness (QED) is 0.874. The number of hydrogen-bond acceptors (Lipinski definition) is 5. The summed E-state index contributed by atoms with van der Waals surface area (Å²) in [5.41, 5.74) is 0.365. The van der Waals surface area contributed by atoms with Crippen LogP contribution in [-0.2, 0) is 4.79 Å². The summed E-state index contributed by atoms with van der Waals surface area (Å²) in [5.74, 6) is -0.777. The number of aromatic nitrogens is 4. The first-order valence-electron chi connectivity index (χ1n) is 6.94. The molecule has 0 spiro atoms. The van der Waals surface area contributed by atoms with Crippen LogP contribution in [0, 0.1) is 0 Å². The van der Waals surface area contributed by atoms with Gasteiger partial charge in [-0.25, -0.2) is 19.4 Å². The van der Waals surface area contributed by atoms with E-state index in [2.05, 4.69) is 15.1 Å². The first kappa shape index (κ1) is 14.2. The Hall–Kier alpha value is -2.77. The standard InChI is InChI=1S/C14H15N5O3/c1-9(14(21)22)19(11-3-4-11)13(20)10-2-5-12(16-6-10)18-8-15-7-17-18/h2,5-9,11H,3-4H2,1H3,(H,21,22)/t9-/m1/s1. The van der Waals surface area contributed by atoms with Crippen molar-refractivity contribution in [2.45, 2.75) is 31.8 Å². The van der Waals surface area contributed by atoms with Crippen LogP contribution >= 0.6 is 0 Å². The average molecular weight is 301 g/mol. The molecule has 1 saturated carbocycles. The lowest BCUT2D eigenvalue weighted by molar-refractivity contribution is -0.141. The molecule has 1 aliphatic carbocycles. The Labute approximate surface area is 126 Å². The summed E-state index contributed by atoms with van der Waals surface area (Å²) in [5, 5.41) is 13.1. The topological polar surface area (TPSA) is 101 Å². The average Bonchev–Trinajstić information content (AvgIpc) is 3.19. The number of carbonyl (C=O) groups excluding carboxylic acids is 1. The van der Waals surface area contributed by atoms with Gasteiger partial charge in [0.15, 0.2) is 5.82 Å². The Kier molecular flexibility index (Phi) is 3.58. The Morgan fingerprint density at radius 2 is 2.18 bits per heavy atom. The number of pyridine rings is 1. The molecule has 0 aromatic carbocycles. The third-order valence-corrected chi connectivity index (χ3v) is 3.60. The smallest absolute Gasteiger partial charge is 0.326 e. The molecule has 0 aliphatic heterocycles. The van der Waals surface area contributed by atoms with E-state index in [4.69, 9.17) is 5.11 Å². The molecular weight excluding hydrogens is 286 g/mol. The highest BCUT2D eigenvalue weighted by Crippen LogP contribution is 2.30. The van der Waals surface area contributed by atoms with Crippen LogP contribution in [0.25, 0.3) is 5.82 Å². The zero-order valence-corrected chi connectivity index (χ0v) is 12.0. The second-order valence-electron chi connectivity index (χ2n) is 5.20. The molecule has 1 aliphatic rings. The van der Waals surface area contributed by atoms with Gasteiger partial charge in [-0.2, -0.15) is 5.10 Å². The van der Waals surface area contributed by atoms with Gasteiger partial charge >= 0.3 is 5.97 Å². The lowest BCUT2D eigenvalue weighted by Gasteiger charge is -2.26. The first-order valence-corrected chi connectivity index (χ1v) is 6.94. The van der Waals surface area contributed by atoms with Crippen LogP contribution in [0.4, 0.5) is 0 Å². The third-order valence-electron chi connectivity index (χ3n) is 3.60. The van der Waals surface area contributed by atoms with E-state index in [9.17, 15) is 9.59 Å². The van der Waals surface area contributed by atoms with Crippen LogP contribution in [0.3, 0.4) is 0 Å². The molecule has 2 aromatic rings. The SMILES string of the molecule is C[C@H](C(=O)O)N(C(=O)c1ccc(-n2cncn2)nc1)C1CC1. The van der Waals surface area contributed by atoms with Crippen molar-refractivity contribution in [2.24, 2.45) is 0 Å². The van der Waals surface area contributed by atoms with Crippen molar-refractivity contribution in [3.8, 4) is 5.82 Å². The minimum atomic E-state index is -1.01. The summed E-state index contributed by atoms with van der Waals surface area (Å²) in [6.07, 6.45) is 6.02. The fraction of sp³-hybridized carbons (Fsp3) is 0.357. The molecule has 1 N–H and O–H groups in total. The Bertz CT molecular complexity index is 679. The molecule has 0 saturated heterocycles. The number of rotatable bonds is 5. The van der Waals surface area contributed by atoms with Crippen LogP contribution < -0.4 is 0 Å². The van der Waals surface area contributed by atoms with Crippen molar-refractivity contribution in [3.63, 3.8) is 0 Å². The van der Waals surface area contributed by atoms with Gasteiger partial charge in [0, 0.05) is 12.2 Å². The fourth-order valence-corrected chi connectivity index (χ4v) is 2.25. The van der Waals surface area contributed by atoms with Gasteiger partial charge in [-0.05, 0) is 31.9 Å². The molecule has 1 amide bonds. The lowest BCUT2D eigenvalue weighted by atomic mass is 10.2. The number of carbonyl (C=O) groups is 2. The molecule has 0 unspecified atom stereocenters. The van der Waals surface area contributed by atoms with Crippen LogP contribution in [0.2, 0.25) is 0 Å². The van der Waals surface area contributed by atoms with Crippen LogP contribution in [0.15, 0.2) is 31.0 Å². The van der Waals surface area contributed by atoms with Gasteiger partial charge in [-0.3, -0.25) is 4.79 Å². The van der Waals surface area contributed by atoms with Crippen LogP contribution in [-0.4, -0.2) is 53.7 Å². The normalized spacial score (nSPS) is 15.3. The van der Waals surface area contributed by atoms with Crippen molar-refractivity contribution in [1.29, 1.82) is 0 Å². The van der Waals surface area contributed by atoms with E-state index in [1.807, 2.05) is 0 Å². The maximum atomic E-state index is 12.6. The van der Waals surface area contributed by atoms with Gasteiger partial charge in [0.2, 0.25) is 0 Å². The van der Waals surface area contributed by atoms with E-state index in [1.165, 1.54) is 35.4 Å². The molecule has 2 heterocycles. The molecule has 0 bridgehead atoms. The number of carboxylic acids is 1. The molecule has 8 nitrogen and oxygen atoms in total. The maximum absolute atomic E-state index is 12.6. The highest BCUT2D eigenvalue weighted by molar-refractivity contribution is 5.96. The molecule has 3 rings (SSSR count). The van der Waals surface area contributed by atoms with Gasteiger partial charge in [0.1, 0.15) is 18.7 Å². The number of amides is 1. The second kappa shape index (κ2) is 5.55. The summed E-state index contributed by atoms with van der Waals surface area (Å²) < 4.78 is 1.48. The van der Waals surface area contributed by atoms with Gasteiger partial charge in [-0.1, -0.05) is 0 Å². The maximum Gasteiger partial charge on any atom is 0.326 e. The number of nitrogens with zero attached hydrogens (tertiary/aromatic N) is 5. The van der Waals surface area contributed by atoms with Crippen molar-refractivity contribution in [1.82, 2.24) is 24.6 Å². The van der Waals surface area contributed by atoms with Crippen molar-refractivity contribution >= 4 is 11.9 Å². The molecule has 1 atom stereocenters. The Morgan fingerprint density at radius 3 is 2.68 bits per heavy atom. The zero-order valence-electron chi connectivity index (χ0n) is 12.0. The molecule has 22 heavy (non-hydrogen) atoms. The predicted molar refractivity (Wildman–Crippen MR) is 75.4 cm³/mol. The molecule has 0 radical (unpaired) electrons. The van der Waals surface area contributed by atoms with Crippen LogP contribution in [0.5, 0.6) is 0 Å². The van der Waals surface area contributed by atoms with E-state index in [0.717, 1.165) is 12.8 Å². The van der Waals surface area contributed by atoms with Gasteiger partial charge < -0.3 is 10.0 Å². The number of hydrogen-bond donors (Lipinski definition) is 1. The Morgan fingerprint density at radius 1 is 1.41 bits per heavy atom.